The van der Waals surface area contributed by atoms with Crippen LogP contribution in [-0.4, -0.2) is 31.4 Å². The summed E-state index contributed by atoms with van der Waals surface area (Å²) in [5, 5.41) is 0. The lowest BCUT2D eigenvalue weighted by molar-refractivity contribution is -0.112. The zero-order valence-corrected chi connectivity index (χ0v) is 10.6. The Kier molecular flexibility index (Phi) is 4.31. The third-order valence-electron chi connectivity index (χ3n) is 3.36. The van der Waals surface area contributed by atoms with Crippen LogP contribution in [0.2, 0.25) is 0 Å². The Morgan fingerprint density at radius 3 is 3.06 bits per heavy atom. The summed E-state index contributed by atoms with van der Waals surface area (Å²) in [4.78, 5) is 13.0. The topological polar surface area (TPSA) is 29.5 Å². The molecule has 0 saturated carbocycles. The number of likely N-dealkylation sites (tertiary alicyclic amines) is 1. The molecule has 1 aromatic rings. The molecule has 1 saturated heterocycles. The van der Waals surface area contributed by atoms with E-state index < -0.39 is 0 Å². The minimum Gasteiger partial charge on any atom is -0.494 e. The molecule has 0 aliphatic carbocycles. The number of hydrogen-bond donors (Lipinski definition) is 0. The van der Waals surface area contributed by atoms with Gasteiger partial charge in [0.25, 0.3) is 0 Å². The zero-order chi connectivity index (χ0) is 13.0. The summed E-state index contributed by atoms with van der Waals surface area (Å²) < 4.78 is 18.4. The number of hydrogen-bond acceptors (Lipinski definition) is 3. The molecular formula is C14H18FNO2. The van der Waals surface area contributed by atoms with Gasteiger partial charge < -0.3 is 9.53 Å². The molecule has 1 atom stereocenters. The molecule has 2 rings (SSSR count). The molecule has 0 amide bonds. The van der Waals surface area contributed by atoms with Gasteiger partial charge in [0, 0.05) is 19.0 Å². The van der Waals surface area contributed by atoms with E-state index in [1.54, 1.807) is 6.07 Å². The third-order valence-corrected chi connectivity index (χ3v) is 3.36. The lowest BCUT2D eigenvalue weighted by Gasteiger charge is -2.30. The second-order valence-electron chi connectivity index (χ2n) is 4.74. The number of halogens is 1. The van der Waals surface area contributed by atoms with Crippen molar-refractivity contribution < 1.29 is 13.9 Å². The Bertz CT molecular complexity index is 422. The van der Waals surface area contributed by atoms with E-state index in [-0.39, 0.29) is 17.5 Å². The number of methoxy groups -OCH3 is 1. The standard InChI is InChI=1S/C14H18FNO2/c1-18-14-5-4-11(7-13(14)15)8-16-6-2-3-12(9-16)10-17/h4-5,7,10,12H,2-3,6,8-9H2,1H3. The van der Waals surface area contributed by atoms with Crippen LogP contribution in [0.15, 0.2) is 18.2 Å². The SMILES string of the molecule is COc1ccc(CN2CCCC(C=O)C2)cc1F. The molecule has 0 radical (unpaired) electrons. The molecule has 1 fully saturated rings. The van der Waals surface area contributed by atoms with E-state index >= 15 is 0 Å². The van der Waals surface area contributed by atoms with Gasteiger partial charge in [0.1, 0.15) is 6.29 Å². The maximum absolute atomic E-state index is 13.5. The van der Waals surface area contributed by atoms with Crippen molar-refractivity contribution in [2.75, 3.05) is 20.2 Å². The van der Waals surface area contributed by atoms with Crippen LogP contribution in [0.25, 0.3) is 0 Å². The van der Waals surface area contributed by atoms with Crippen LogP contribution in [-0.2, 0) is 11.3 Å². The molecule has 1 aromatic carbocycles. The Morgan fingerprint density at radius 1 is 1.56 bits per heavy atom. The molecule has 1 unspecified atom stereocenters. The van der Waals surface area contributed by atoms with Crippen LogP contribution in [0.3, 0.4) is 0 Å². The Hall–Kier alpha value is -1.42. The maximum Gasteiger partial charge on any atom is 0.165 e. The van der Waals surface area contributed by atoms with Crippen LogP contribution in [0.4, 0.5) is 4.39 Å². The van der Waals surface area contributed by atoms with Gasteiger partial charge in [-0.05, 0) is 37.1 Å². The van der Waals surface area contributed by atoms with Gasteiger partial charge in [-0.2, -0.15) is 0 Å². The molecule has 98 valence electrons. The van der Waals surface area contributed by atoms with Gasteiger partial charge in [-0.1, -0.05) is 6.07 Å². The largest absolute Gasteiger partial charge is 0.494 e. The molecule has 4 heteroatoms. The summed E-state index contributed by atoms with van der Waals surface area (Å²) in [6, 6.07) is 5.02. The van der Waals surface area contributed by atoms with Crippen molar-refractivity contribution in [1.29, 1.82) is 0 Å². The van der Waals surface area contributed by atoms with Crippen molar-refractivity contribution >= 4 is 6.29 Å². The van der Waals surface area contributed by atoms with Gasteiger partial charge in [0.2, 0.25) is 0 Å². The van der Waals surface area contributed by atoms with Crippen LogP contribution < -0.4 is 4.74 Å². The first kappa shape index (κ1) is 13.0. The second kappa shape index (κ2) is 5.96. The van der Waals surface area contributed by atoms with Crippen molar-refractivity contribution in [3.8, 4) is 5.75 Å². The van der Waals surface area contributed by atoms with E-state index in [0.29, 0.717) is 6.54 Å². The molecule has 1 aliphatic heterocycles. The summed E-state index contributed by atoms with van der Waals surface area (Å²) in [7, 11) is 1.46. The fourth-order valence-electron chi connectivity index (χ4n) is 2.41. The van der Waals surface area contributed by atoms with E-state index in [2.05, 4.69) is 4.90 Å². The highest BCUT2D eigenvalue weighted by molar-refractivity contribution is 5.53. The predicted molar refractivity (Wildman–Crippen MR) is 67.0 cm³/mol. The molecule has 1 aliphatic rings. The van der Waals surface area contributed by atoms with Gasteiger partial charge >= 0.3 is 0 Å². The number of carbonyl (C=O) groups is 1. The molecule has 3 nitrogen and oxygen atoms in total. The fraction of sp³-hybridized carbons (Fsp3) is 0.500. The fourth-order valence-corrected chi connectivity index (χ4v) is 2.41. The number of carbonyl (C=O) groups excluding carboxylic acids is 1. The first-order valence-corrected chi connectivity index (χ1v) is 6.23. The van der Waals surface area contributed by atoms with Crippen molar-refractivity contribution in [1.82, 2.24) is 4.90 Å². The van der Waals surface area contributed by atoms with Gasteiger partial charge in [-0.3, -0.25) is 4.90 Å². The van der Waals surface area contributed by atoms with Crippen molar-refractivity contribution in [2.24, 2.45) is 5.92 Å². The molecule has 18 heavy (non-hydrogen) atoms. The van der Waals surface area contributed by atoms with Crippen molar-refractivity contribution in [2.45, 2.75) is 19.4 Å². The molecule has 0 N–H and O–H groups in total. The summed E-state index contributed by atoms with van der Waals surface area (Å²) in [6.07, 6.45) is 3.03. The van der Waals surface area contributed by atoms with Gasteiger partial charge in [-0.25, -0.2) is 4.39 Å². The molecule has 1 heterocycles. The van der Waals surface area contributed by atoms with E-state index in [4.69, 9.17) is 4.74 Å². The summed E-state index contributed by atoms with van der Waals surface area (Å²) in [6.45, 7) is 2.43. The molecule has 0 bridgehead atoms. The number of nitrogens with zero attached hydrogens (tertiary/aromatic N) is 1. The molecule has 0 spiro atoms. The number of aldehydes is 1. The number of ether oxygens (including phenoxy) is 1. The Labute approximate surface area is 107 Å². The minimum atomic E-state index is -0.334. The van der Waals surface area contributed by atoms with E-state index in [1.807, 2.05) is 6.07 Å². The summed E-state index contributed by atoms with van der Waals surface area (Å²) >= 11 is 0. The highest BCUT2D eigenvalue weighted by atomic mass is 19.1. The number of piperidine rings is 1. The Morgan fingerprint density at radius 2 is 2.39 bits per heavy atom. The van der Waals surface area contributed by atoms with Crippen LogP contribution in [0.5, 0.6) is 5.75 Å². The normalized spacial score (nSPS) is 20.7. The van der Waals surface area contributed by atoms with Crippen LogP contribution in [0, 0.1) is 11.7 Å². The van der Waals surface area contributed by atoms with Crippen molar-refractivity contribution in [3.63, 3.8) is 0 Å². The van der Waals surface area contributed by atoms with Crippen molar-refractivity contribution in [3.05, 3.63) is 29.6 Å². The zero-order valence-electron chi connectivity index (χ0n) is 10.6. The highest BCUT2D eigenvalue weighted by Crippen LogP contribution is 2.21. The van der Waals surface area contributed by atoms with E-state index in [0.717, 1.165) is 37.8 Å². The summed E-state index contributed by atoms with van der Waals surface area (Å²) in [5.41, 5.74) is 0.917. The van der Waals surface area contributed by atoms with Gasteiger partial charge in [0.05, 0.1) is 7.11 Å². The lowest BCUT2D eigenvalue weighted by atomic mass is 9.99. The van der Waals surface area contributed by atoms with E-state index in [1.165, 1.54) is 13.2 Å². The second-order valence-corrected chi connectivity index (χ2v) is 4.74. The van der Waals surface area contributed by atoms with Crippen LogP contribution in [0.1, 0.15) is 18.4 Å². The monoisotopic (exact) mass is 251 g/mol. The highest BCUT2D eigenvalue weighted by Gasteiger charge is 2.19. The predicted octanol–water partition coefficient (Wildman–Crippen LogP) is 2.25. The van der Waals surface area contributed by atoms with Gasteiger partial charge in [-0.15, -0.1) is 0 Å². The molecule has 0 aromatic heterocycles. The maximum atomic E-state index is 13.5. The average Bonchev–Trinajstić information content (AvgIpc) is 2.39. The average molecular weight is 251 g/mol. The smallest absolute Gasteiger partial charge is 0.165 e. The quantitative estimate of drug-likeness (QED) is 0.769. The number of benzene rings is 1. The van der Waals surface area contributed by atoms with Crippen LogP contribution >= 0.6 is 0 Å². The molecular weight excluding hydrogens is 233 g/mol. The van der Waals surface area contributed by atoms with Gasteiger partial charge in [0.15, 0.2) is 11.6 Å². The number of rotatable bonds is 4. The minimum absolute atomic E-state index is 0.127. The Balaban J connectivity index is 2.00. The summed E-state index contributed by atoms with van der Waals surface area (Å²) in [5.74, 6) is 0.0592. The van der Waals surface area contributed by atoms with E-state index in [9.17, 15) is 9.18 Å². The third kappa shape index (κ3) is 3.07. The first-order chi connectivity index (χ1) is 8.72. The first-order valence-electron chi connectivity index (χ1n) is 6.23. The lowest BCUT2D eigenvalue weighted by Crippen LogP contribution is -2.35.